The molecule has 22 heavy (non-hydrogen) atoms. The van der Waals surface area contributed by atoms with Gasteiger partial charge in [-0.2, -0.15) is 4.98 Å². The van der Waals surface area contributed by atoms with Crippen molar-refractivity contribution in [2.24, 2.45) is 0 Å². The van der Waals surface area contributed by atoms with Gasteiger partial charge in [-0.3, -0.25) is 0 Å². The van der Waals surface area contributed by atoms with Crippen LogP contribution in [0.4, 0.5) is 0 Å². The summed E-state index contributed by atoms with van der Waals surface area (Å²) in [5.74, 6) is 0.989. The number of nitrogens with zero attached hydrogens (tertiary/aromatic N) is 3. The van der Waals surface area contributed by atoms with Crippen molar-refractivity contribution in [2.75, 3.05) is 0 Å². The minimum atomic E-state index is 0.120. The van der Waals surface area contributed by atoms with Gasteiger partial charge in [-0.15, -0.1) is 0 Å². The van der Waals surface area contributed by atoms with Gasteiger partial charge in [-0.25, -0.2) is 4.98 Å². The van der Waals surface area contributed by atoms with Crippen molar-refractivity contribution < 1.29 is 4.52 Å². The highest BCUT2D eigenvalue weighted by Crippen LogP contribution is 2.26. The molecular formula is C17H16ClN3O. The van der Waals surface area contributed by atoms with Crippen molar-refractivity contribution in [1.29, 1.82) is 0 Å². The van der Waals surface area contributed by atoms with Gasteiger partial charge in [-0.05, 0) is 23.1 Å². The molecule has 0 aliphatic heterocycles. The maximum atomic E-state index is 5.88. The van der Waals surface area contributed by atoms with E-state index in [-0.39, 0.29) is 5.41 Å². The van der Waals surface area contributed by atoms with Crippen molar-refractivity contribution in [2.45, 2.75) is 26.2 Å². The Morgan fingerprint density at radius 2 is 1.73 bits per heavy atom. The Hall–Kier alpha value is -2.20. The van der Waals surface area contributed by atoms with Gasteiger partial charge in [0.1, 0.15) is 5.15 Å². The second-order valence-electron chi connectivity index (χ2n) is 6.12. The fourth-order valence-electron chi connectivity index (χ4n) is 2.11. The van der Waals surface area contributed by atoms with Crippen LogP contribution >= 0.6 is 11.6 Å². The molecule has 0 radical (unpaired) electrons. The van der Waals surface area contributed by atoms with Crippen LogP contribution in [0, 0.1) is 0 Å². The van der Waals surface area contributed by atoms with E-state index in [1.165, 1.54) is 5.56 Å². The zero-order valence-electron chi connectivity index (χ0n) is 12.7. The van der Waals surface area contributed by atoms with Crippen molar-refractivity contribution in [3.05, 3.63) is 53.3 Å². The van der Waals surface area contributed by atoms with Crippen LogP contribution < -0.4 is 0 Å². The topological polar surface area (TPSA) is 51.8 Å². The highest BCUT2D eigenvalue weighted by atomic mass is 35.5. The standard InChI is InChI=1S/C17H16ClN3O/c1-17(2,3)13-6-4-11(5-7-13)15-20-16(22-21-15)12-8-9-19-14(18)10-12/h4-10H,1-3H3. The quantitative estimate of drug-likeness (QED) is 0.641. The molecular weight excluding hydrogens is 298 g/mol. The zero-order valence-corrected chi connectivity index (χ0v) is 13.4. The summed E-state index contributed by atoms with van der Waals surface area (Å²) in [6.07, 6.45) is 1.61. The van der Waals surface area contributed by atoms with Crippen LogP contribution in [0.3, 0.4) is 0 Å². The molecule has 0 fully saturated rings. The third kappa shape index (κ3) is 3.02. The molecule has 0 amide bonds. The van der Waals surface area contributed by atoms with Crippen LogP contribution in [0.25, 0.3) is 22.8 Å². The lowest BCUT2D eigenvalue weighted by Gasteiger charge is -2.18. The lowest BCUT2D eigenvalue weighted by molar-refractivity contribution is 0.432. The zero-order chi connectivity index (χ0) is 15.7. The van der Waals surface area contributed by atoms with Crippen LogP contribution in [-0.2, 0) is 5.41 Å². The Balaban J connectivity index is 1.91. The van der Waals surface area contributed by atoms with E-state index in [1.54, 1.807) is 18.3 Å². The summed E-state index contributed by atoms with van der Waals surface area (Å²) in [6, 6.07) is 11.7. The number of hydrogen-bond donors (Lipinski definition) is 0. The van der Waals surface area contributed by atoms with Crippen molar-refractivity contribution in [3.8, 4) is 22.8 Å². The first-order valence-electron chi connectivity index (χ1n) is 7.00. The van der Waals surface area contributed by atoms with E-state index in [4.69, 9.17) is 16.1 Å². The molecule has 0 N–H and O–H groups in total. The summed E-state index contributed by atoms with van der Waals surface area (Å²) in [5, 5.41) is 4.43. The van der Waals surface area contributed by atoms with E-state index in [0.29, 0.717) is 16.9 Å². The molecule has 2 heterocycles. The highest BCUT2D eigenvalue weighted by molar-refractivity contribution is 6.29. The van der Waals surface area contributed by atoms with Gasteiger partial charge in [0, 0.05) is 17.3 Å². The lowest BCUT2D eigenvalue weighted by atomic mass is 9.87. The molecule has 5 heteroatoms. The van der Waals surface area contributed by atoms with E-state index in [1.807, 2.05) is 12.1 Å². The third-order valence-electron chi connectivity index (χ3n) is 3.41. The number of aromatic nitrogens is 3. The Labute approximate surface area is 134 Å². The van der Waals surface area contributed by atoms with Crippen LogP contribution in [0.5, 0.6) is 0 Å². The average molecular weight is 314 g/mol. The van der Waals surface area contributed by atoms with Gasteiger partial charge < -0.3 is 4.52 Å². The molecule has 0 bridgehead atoms. The Morgan fingerprint density at radius 1 is 1.00 bits per heavy atom. The minimum Gasteiger partial charge on any atom is -0.334 e. The average Bonchev–Trinajstić information content (AvgIpc) is 2.96. The van der Waals surface area contributed by atoms with E-state index in [9.17, 15) is 0 Å². The van der Waals surface area contributed by atoms with Crippen molar-refractivity contribution >= 4 is 11.6 Å². The first kappa shape index (κ1) is 14.7. The predicted molar refractivity (Wildman–Crippen MR) is 86.7 cm³/mol. The van der Waals surface area contributed by atoms with Crippen LogP contribution in [0.15, 0.2) is 47.1 Å². The fraction of sp³-hybridized carbons (Fsp3) is 0.235. The number of halogens is 1. The molecule has 0 saturated carbocycles. The molecule has 0 atom stereocenters. The summed E-state index contributed by atoms with van der Waals surface area (Å²) in [5.41, 5.74) is 3.06. The minimum absolute atomic E-state index is 0.120. The molecule has 2 aromatic heterocycles. The second kappa shape index (κ2) is 5.54. The monoisotopic (exact) mass is 313 g/mol. The smallest absolute Gasteiger partial charge is 0.258 e. The molecule has 0 unspecified atom stereocenters. The van der Waals surface area contributed by atoms with Gasteiger partial charge in [0.2, 0.25) is 5.82 Å². The van der Waals surface area contributed by atoms with Gasteiger partial charge in [-0.1, -0.05) is 61.8 Å². The fourth-order valence-corrected chi connectivity index (χ4v) is 2.29. The van der Waals surface area contributed by atoms with Gasteiger partial charge in [0.25, 0.3) is 5.89 Å². The van der Waals surface area contributed by atoms with Gasteiger partial charge in [0.15, 0.2) is 0 Å². The van der Waals surface area contributed by atoms with E-state index in [2.05, 4.69) is 48.0 Å². The lowest BCUT2D eigenvalue weighted by Crippen LogP contribution is -2.10. The van der Waals surface area contributed by atoms with Crippen molar-refractivity contribution in [3.63, 3.8) is 0 Å². The first-order valence-corrected chi connectivity index (χ1v) is 7.38. The highest BCUT2D eigenvalue weighted by Gasteiger charge is 2.15. The summed E-state index contributed by atoms with van der Waals surface area (Å²) in [4.78, 5) is 8.36. The van der Waals surface area contributed by atoms with Crippen LogP contribution in [0.1, 0.15) is 26.3 Å². The molecule has 0 aliphatic rings. The predicted octanol–water partition coefficient (Wildman–Crippen LogP) is 4.75. The van der Waals surface area contributed by atoms with Gasteiger partial charge >= 0.3 is 0 Å². The maximum absolute atomic E-state index is 5.88. The Bertz CT molecular complexity index is 788. The summed E-state index contributed by atoms with van der Waals surface area (Å²) in [7, 11) is 0. The third-order valence-corrected chi connectivity index (χ3v) is 3.62. The molecule has 0 saturated heterocycles. The summed E-state index contributed by atoms with van der Waals surface area (Å²) in [6.45, 7) is 6.55. The largest absolute Gasteiger partial charge is 0.334 e. The maximum Gasteiger partial charge on any atom is 0.258 e. The van der Waals surface area contributed by atoms with E-state index in [0.717, 1.165) is 11.1 Å². The van der Waals surface area contributed by atoms with E-state index >= 15 is 0 Å². The normalized spacial score (nSPS) is 11.6. The van der Waals surface area contributed by atoms with Crippen LogP contribution in [0.2, 0.25) is 5.15 Å². The second-order valence-corrected chi connectivity index (χ2v) is 6.50. The van der Waals surface area contributed by atoms with Gasteiger partial charge in [0.05, 0.1) is 0 Å². The molecule has 3 aromatic rings. The molecule has 0 spiro atoms. The molecule has 4 nitrogen and oxygen atoms in total. The SMILES string of the molecule is CC(C)(C)c1ccc(-c2noc(-c3ccnc(Cl)c3)n2)cc1. The molecule has 3 rings (SSSR count). The first-order chi connectivity index (χ1) is 10.4. The Morgan fingerprint density at radius 3 is 2.36 bits per heavy atom. The molecule has 0 aliphatic carbocycles. The number of hydrogen-bond acceptors (Lipinski definition) is 4. The number of benzene rings is 1. The molecule has 1 aromatic carbocycles. The van der Waals surface area contributed by atoms with E-state index < -0.39 is 0 Å². The van der Waals surface area contributed by atoms with Crippen molar-refractivity contribution in [1.82, 2.24) is 15.1 Å². The number of pyridine rings is 1. The summed E-state index contributed by atoms with van der Waals surface area (Å²) < 4.78 is 5.31. The number of rotatable bonds is 2. The molecule has 112 valence electrons. The Kier molecular flexibility index (Phi) is 3.71. The van der Waals surface area contributed by atoms with Crippen LogP contribution in [-0.4, -0.2) is 15.1 Å². The summed E-state index contributed by atoms with van der Waals surface area (Å²) >= 11 is 5.88.